The van der Waals surface area contributed by atoms with Crippen LogP contribution in [0.5, 0.6) is 0 Å². The summed E-state index contributed by atoms with van der Waals surface area (Å²) in [7, 11) is 0. The smallest absolute Gasteiger partial charge is 0.254 e. The molecule has 3 heteroatoms. The van der Waals surface area contributed by atoms with Crippen molar-refractivity contribution < 1.29 is 0 Å². The summed E-state index contributed by atoms with van der Waals surface area (Å²) >= 11 is 0. The minimum absolute atomic E-state index is 0.0226. The Morgan fingerprint density at radius 3 is 2.89 bits per heavy atom. The first-order chi connectivity index (χ1) is 9.20. The maximum Gasteiger partial charge on any atom is 0.254 e. The Morgan fingerprint density at radius 2 is 2.16 bits per heavy atom. The lowest BCUT2D eigenvalue weighted by atomic mass is 10.00. The molecule has 0 spiro atoms. The van der Waals surface area contributed by atoms with Gasteiger partial charge in [-0.3, -0.25) is 4.79 Å². The minimum atomic E-state index is 0.0226. The summed E-state index contributed by atoms with van der Waals surface area (Å²) < 4.78 is 0. The average Bonchev–Trinajstić information content (AvgIpc) is 2.82. The number of hydrogen-bond acceptors (Lipinski definition) is 2. The Morgan fingerprint density at radius 1 is 1.37 bits per heavy atom. The molecule has 1 aliphatic rings. The summed E-state index contributed by atoms with van der Waals surface area (Å²) in [5.41, 5.74) is 4.39. The molecule has 1 heterocycles. The van der Waals surface area contributed by atoms with Gasteiger partial charge in [-0.2, -0.15) is 0 Å². The third-order valence-corrected chi connectivity index (χ3v) is 4.06. The second kappa shape index (κ2) is 4.65. The van der Waals surface area contributed by atoms with E-state index < -0.39 is 0 Å². The van der Waals surface area contributed by atoms with Crippen molar-refractivity contribution in [2.75, 3.05) is 0 Å². The van der Waals surface area contributed by atoms with Crippen molar-refractivity contribution in [2.45, 2.75) is 39.0 Å². The van der Waals surface area contributed by atoms with Gasteiger partial charge in [0, 0.05) is 17.2 Å². The molecule has 0 bridgehead atoms. The van der Waals surface area contributed by atoms with Gasteiger partial charge in [0.25, 0.3) is 5.56 Å². The van der Waals surface area contributed by atoms with Gasteiger partial charge in [-0.05, 0) is 37.3 Å². The first-order valence-electron chi connectivity index (χ1n) is 6.88. The van der Waals surface area contributed by atoms with Crippen molar-refractivity contribution in [3.63, 3.8) is 0 Å². The van der Waals surface area contributed by atoms with Crippen LogP contribution in [0.2, 0.25) is 0 Å². The van der Waals surface area contributed by atoms with Crippen molar-refractivity contribution >= 4 is 0 Å². The van der Waals surface area contributed by atoms with Gasteiger partial charge >= 0.3 is 0 Å². The Balaban J connectivity index is 2.08. The molecule has 0 saturated heterocycles. The van der Waals surface area contributed by atoms with Crippen LogP contribution in [0.15, 0.2) is 29.1 Å². The summed E-state index contributed by atoms with van der Waals surface area (Å²) in [6.45, 7) is 3.92. The van der Waals surface area contributed by atoms with Crippen LogP contribution in [0.1, 0.15) is 47.5 Å². The average molecular weight is 254 g/mol. The number of benzene rings is 1. The predicted octanol–water partition coefficient (Wildman–Crippen LogP) is 2.72. The number of hydrogen-bond donors (Lipinski definition) is 1. The van der Waals surface area contributed by atoms with Gasteiger partial charge < -0.3 is 4.98 Å². The van der Waals surface area contributed by atoms with Crippen molar-refractivity contribution in [1.29, 1.82) is 0 Å². The van der Waals surface area contributed by atoms with Crippen molar-refractivity contribution in [3.8, 4) is 0 Å². The third kappa shape index (κ3) is 1.99. The molecule has 1 atom stereocenters. The van der Waals surface area contributed by atoms with E-state index in [2.05, 4.69) is 34.2 Å². The number of nitrogens with one attached hydrogen (secondary N) is 1. The molecule has 1 aromatic carbocycles. The Hall–Kier alpha value is -1.90. The quantitative estimate of drug-likeness (QED) is 0.895. The zero-order valence-electron chi connectivity index (χ0n) is 11.4. The number of aromatic nitrogens is 2. The molecule has 19 heavy (non-hydrogen) atoms. The van der Waals surface area contributed by atoms with Crippen LogP contribution >= 0.6 is 0 Å². The number of aryl methyl sites for hydroxylation is 2. The molecule has 3 rings (SSSR count). The van der Waals surface area contributed by atoms with Gasteiger partial charge in [0.15, 0.2) is 0 Å². The second-order valence-electron chi connectivity index (χ2n) is 5.16. The first-order valence-corrected chi connectivity index (χ1v) is 6.88. The number of H-pyrrole nitrogens is 1. The van der Waals surface area contributed by atoms with E-state index >= 15 is 0 Å². The molecule has 0 aliphatic heterocycles. The van der Waals surface area contributed by atoms with Gasteiger partial charge in [-0.15, -0.1) is 0 Å². The summed E-state index contributed by atoms with van der Waals surface area (Å²) in [5.74, 6) is 1.07. The maximum absolute atomic E-state index is 12.1. The van der Waals surface area contributed by atoms with E-state index in [-0.39, 0.29) is 11.5 Å². The monoisotopic (exact) mass is 254 g/mol. The van der Waals surface area contributed by atoms with Crippen molar-refractivity contribution in [1.82, 2.24) is 9.97 Å². The predicted molar refractivity (Wildman–Crippen MR) is 75.6 cm³/mol. The molecule has 0 amide bonds. The van der Waals surface area contributed by atoms with Crippen molar-refractivity contribution in [2.24, 2.45) is 0 Å². The Bertz CT molecular complexity index is 673. The van der Waals surface area contributed by atoms with Crippen LogP contribution in [0, 0.1) is 6.92 Å². The molecule has 2 aromatic rings. The zero-order valence-corrected chi connectivity index (χ0v) is 11.4. The van der Waals surface area contributed by atoms with Crippen molar-refractivity contribution in [3.05, 3.63) is 62.8 Å². The molecular formula is C16H18N2O. The van der Waals surface area contributed by atoms with Crippen LogP contribution in [-0.2, 0) is 12.8 Å². The van der Waals surface area contributed by atoms with Crippen LogP contribution in [0.25, 0.3) is 0 Å². The summed E-state index contributed by atoms with van der Waals surface area (Å²) in [6, 6.07) is 8.45. The highest BCUT2D eigenvalue weighted by atomic mass is 16.1. The summed E-state index contributed by atoms with van der Waals surface area (Å²) in [6.07, 6.45) is 2.84. The molecule has 0 saturated carbocycles. The fraction of sp³-hybridized carbons (Fsp3) is 0.375. The lowest BCUT2D eigenvalue weighted by Gasteiger charge is -2.12. The molecule has 1 unspecified atom stereocenters. The lowest BCUT2D eigenvalue weighted by molar-refractivity contribution is 0.712. The van der Waals surface area contributed by atoms with E-state index in [1.165, 1.54) is 11.1 Å². The van der Waals surface area contributed by atoms with E-state index in [9.17, 15) is 4.79 Å². The third-order valence-electron chi connectivity index (χ3n) is 4.06. The lowest BCUT2D eigenvalue weighted by Crippen LogP contribution is -2.20. The Labute approximate surface area is 112 Å². The van der Waals surface area contributed by atoms with E-state index in [1.807, 2.05) is 13.8 Å². The molecule has 0 radical (unpaired) electrons. The van der Waals surface area contributed by atoms with Crippen LogP contribution in [0.4, 0.5) is 0 Å². The largest absolute Gasteiger partial charge is 0.310 e. The first kappa shape index (κ1) is 12.2. The van der Waals surface area contributed by atoms with E-state index in [0.29, 0.717) is 0 Å². The van der Waals surface area contributed by atoms with Gasteiger partial charge in [0.05, 0.1) is 0 Å². The zero-order chi connectivity index (χ0) is 13.4. The highest BCUT2D eigenvalue weighted by Crippen LogP contribution is 2.36. The van der Waals surface area contributed by atoms with Crippen LogP contribution < -0.4 is 5.56 Å². The van der Waals surface area contributed by atoms with Gasteiger partial charge in [0.1, 0.15) is 5.82 Å². The summed E-state index contributed by atoms with van der Waals surface area (Å²) in [4.78, 5) is 19.7. The standard InChI is InChI=1S/C16H18N2O/c1-3-12-10(2)17-15(18-16(12)19)14-9-8-11-6-4-5-7-13(11)14/h4-7,14H,3,8-9H2,1-2H3,(H,17,18,19). The van der Waals surface area contributed by atoms with Gasteiger partial charge in [0.2, 0.25) is 0 Å². The molecule has 1 aliphatic carbocycles. The SMILES string of the molecule is CCc1c(C)nc(C2CCc3ccccc32)[nH]c1=O. The fourth-order valence-corrected chi connectivity index (χ4v) is 3.05. The topological polar surface area (TPSA) is 45.8 Å². The molecule has 98 valence electrons. The highest BCUT2D eigenvalue weighted by molar-refractivity contribution is 5.39. The normalized spacial score (nSPS) is 17.5. The van der Waals surface area contributed by atoms with E-state index in [4.69, 9.17) is 0 Å². The molecule has 1 aromatic heterocycles. The van der Waals surface area contributed by atoms with Gasteiger partial charge in [-0.1, -0.05) is 31.2 Å². The van der Waals surface area contributed by atoms with E-state index in [1.54, 1.807) is 0 Å². The highest BCUT2D eigenvalue weighted by Gasteiger charge is 2.25. The Kier molecular flexibility index (Phi) is 2.97. The molecule has 3 nitrogen and oxygen atoms in total. The number of nitrogens with zero attached hydrogens (tertiary/aromatic N) is 1. The fourth-order valence-electron chi connectivity index (χ4n) is 3.05. The second-order valence-corrected chi connectivity index (χ2v) is 5.16. The van der Waals surface area contributed by atoms with Crippen LogP contribution in [0.3, 0.4) is 0 Å². The maximum atomic E-state index is 12.1. The number of rotatable bonds is 2. The van der Waals surface area contributed by atoms with Crippen LogP contribution in [-0.4, -0.2) is 9.97 Å². The molecular weight excluding hydrogens is 236 g/mol. The van der Waals surface area contributed by atoms with E-state index in [0.717, 1.165) is 36.3 Å². The minimum Gasteiger partial charge on any atom is -0.310 e. The molecule has 1 N–H and O–H groups in total. The molecule has 0 fully saturated rings. The number of fused-ring (bicyclic) bond motifs is 1. The number of aromatic amines is 1. The summed E-state index contributed by atoms with van der Waals surface area (Å²) in [5, 5.41) is 0. The van der Waals surface area contributed by atoms with Gasteiger partial charge in [-0.25, -0.2) is 4.98 Å².